The van der Waals surface area contributed by atoms with E-state index in [-0.39, 0.29) is 11.2 Å². The van der Waals surface area contributed by atoms with E-state index in [0.29, 0.717) is 21.6 Å². The van der Waals surface area contributed by atoms with Gasteiger partial charge in [0.25, 0.3) is 0 Å². The number of rotatable bonds is 6. The van der Waals surface area contributed by atoms with Crippen LogP contribution in [0, 0.1) is 17.2 Å². The molecule has 168 valence electrons. The molecule has 0 saturated heterocycles. The van der Waals surface area contributed by atoms with Gasteiger partial charge in [0.1, 0.15) is 16.2 Å². The van der Waals surface area contributed by atoms with E-state index in [4.69, 9.17) is 11.6 Å². The number of halogens is 1. The van der Waals surface area contributed by atoms with Crippen molar-refractivity contribution in [3.05, 3.63) is 69.3 Å². The third kappa shape index (κ3) is 5.47. The number of hydrogen-bond acceptors (Lipinski definition) is 6. The molecular formula is C25H23ClN4OS2. The predicted octanol–water partition coefficient (Wildman–Crippen LogP) is 6.66. The van der Waals surface area contributed by atoms with Crippen LogP contribution in [-0.4, -0.2) is 22.4 Å². The van der Waals surface area contributed by atoms with Crippen LogP contribution in [0.25, 0.3) is 0 Å². The number of aliphatic imine (C=N–C) groups is 1. The third-order valence-electron chi connectivity index (χ3n) is 5.53. The summed E-state index contributed by atoms with van der Waals surface area (Å²) in [7, 11) is 0. The number of thioether (sulfide) groups is 1. The van der Waals surface area contributed by atoms with Crippen molar-refractivity contribution in [1.82, 2.24) is 4.98 Å². The molecule has 33 heavy (non-hydrogen) atoms. The number of nitrogens with one attached hydrogen (secondary N) is 1. The maximum absolute atomic E-state index is 13.0. The zero-order valence-electron chi connectivity index (χ0n) is 18.3. The van der Waals surface area contributed by atoms with Gasteiger partial charge in [-0.05, 0) is 61.9 Å². The zero-order valence-corrected chi connectivity index (χ0v) is 20.7. The summed E-state index contributed by atoms with van der Waals surface area (Å²) in [4.78, 5) is 23.7. The fraction of sp³-hybridized carbons (Fsp3) is 0.280. The standard InChI is InChI=1S/C25H23ClN4OS2/c1-15-9-10-18-19(13-27)25(33-22(18)12-15)30-24(31)16(2)32-21-8-4-3-7-20(21)29-14-17-6-5-11-28-23(17)26/h3-8,11,14-16H,9-10,12H2,1-2H3,(H,30,31). The number of pyridine rings is 1. The van der Waals surface area contributed by atoms with Gasteiger partial charge < -0.3 is 5.32 Å². The van der Waals surface area contributed by atoms with Gasteiger partial charge >= 0.3 is 0 Å². The van der Waals surface area contributed by atoms with E-state index in [1.54, 1.807) is 29.8 Å². The van der Waals surface area contributed by atoms with Crippen molar-refractivity contribution in [3.8, 4) is 6.07 Å². The highest BCUT2D eigenvalue weighted by atomic mass is 35.5. The van der Waals surface area contributed by atoms with Gasteiger partial charge in [0, 0.05) is 27.7 Å². The van der Waals surface area contributed by atoms with Crippen molar-refractivity contribution in [2.75, 3.05) is 5.32 Å². The quantitative estimate of drug-likeness (QED) is 0.236. The number of carbonyl (C=O) groups is 1. The van der Waals surface area contributed by atoms with Gasteiger partial charge in [0.2, 0.25) is 5.91 Å². The highest BCUT2D eigenvalue weighted by Crippen LogP contribution is 2.40. The van der Waals surface area contributed by atoms with E-state index >= 15 is 0 Å². The van der Waals surface area contributed by atoms with Gasteiger partial charge in [-0.3, -0.25) is 9.79 Å². The monoisotopic (exact) mass is 494 g/mol. The fourth-order valence-electron chi connectivity index (χ4n) is 3.71. The van der Waals surface area contributed by atoms with Crippen LogP contribution >= 0.6 is 34.7 Å². The molecule has 1 N–H and O–H groups in total. The van der Waals surface area contributed by atoms with Crippen LogP contribution in [-0.2, 0) is 17.6 Å². The molecule has 2 unspecified atom stereocenters. The van der Waals surface area contributed by atoms with Gasteiger partial charge in [-0.15, -0.1) is 23.1 Å². The maximum Gasteiger partial charge on any atom is 0.238 e. The Hall–Kier alpha value is -2.66. The molecule has 1 aliphatic carbocycles. The highest BCUT2D eigenvalue weighted by Gasteiger charge is 2.26. The van der Waals surface area contributed by atoms with Crippen LogP contribution in [0.1, 0.15) is 41.8 Å². The van der Waals surface area contributed by atoms with Crippen molar-refractivity contribution in [1.29, 1.82) is 5.26 Å². The molecule has 4 rings (SSSR count). The summed E-state index contributed by atoms with van der Waals surface area (Å²) < 4.78 is 0. The minimum atomic E-state index is -0.368. The lowest BCUT2D eigenvalue weighted by molar-refractivity contribution is -0.115. The Labute approximate surface area is 206 Å². The van der Waals surface area contributed by atoms with Gasteiger partial charge in [-0.25, -0.2) is 4.98 Å². The van der Waals surface area contributed by atoms with E-state index in [1.807, 2.05) is 37.3 Å². The van der Waals surface area contributed by atoms with E-state index in [0.717, 1.165) is 41.0 Å². The Bertz CT molecular complexity index is 1250. The third-order valence-corrected chi connectivity index (χ3v) is 8.18. The zero-order chi connectivity index (χ0) is 23.4. The number of benzene rings is 1. The lowest BCUT2D eigenvalue weighted by atomic mass is 9.89. The van der Waals surface area contributed by atoms with Crippen molar-refractivity contribution in [3.63, 3.8) is 0 Å². The number of para-hydroxylation sites is 1. The molecule has 8 heteroatoms. The second kappa shape index (κ2) is 10.5. The Balaban J connectivity index is 1.48. The SMILES string of the molecule is CC1CCc2c(sc(NC(=O)C(C)Sc3ccccc3N=Cc3cccnc3Cl)c2C#N)C1. The van der Waals surface area contributed by atoms with Crippen molar-refractivity contribution in [2.45, 2.75) is 43.3 Å². The van der Waals surface area contributed by atoms with E-state index < -0.39 is 0 Å². The number of nitrogens with zero attached hydrogens (tertiary/aromatic N) is 3. The molecule has 0 fully saturated rings. The topological polar surface area (TPSA) is 78.1 Å². The van der Waals surface area contributed by atoms with Crippen LogP contribution in [0.2, 0.25) is 5.15 Å². The molecule has 0 saturated carbocycles. The molecular weight excluding hydrogens is 472 g/mol. The van der Waals surface area contributed by atoms with Crippen LogP contribution in [0.3, 0.4) is 0 Å². The molecule has 1 amide bonds. The van der Waals surface area contributed by atoms with E-state index in [1.165, 1.54) is 16.6 Å². The van der Waals surface area contributed by atoms with Gasteiger partial charge in [-0.1, -0.05) is 30.7 Å². The Morgan fingerprint density at radius 3 is 3.00 bits per heavy atom. The smallest absolute Gasteiger partial charge is 0.238 e. The molecule has 0 radical (unpaired) electrons. The number of aromatic nitrogens is 1. The number of thiophene rings is 1. The summed E-state index contributed by atoms with van der Waals surface area (Å²) in [5.74, 6) is 0.483. The van der Waals surface area contributed by atoms with E-state index in [2.05, 4.69) is 28.3 Å². The summed E-state index contributed by atoms with van der Waals surface area (Å²) >= 11 is 9.10. The molecule has 2 heterocycles. The normalized spacial score (nSPS) is 16.2. The number of anilines is 1. The second-order valence-corrected chi connectivity index (χ2v) is 10.9. The van der Waals surface area contributed by atoms with Gasteiger partial charge in [0.15, 0.2) is 0 Å². The van der Waals surface area contributed by atoms with Crippen molar-refractivity contribution >= 4 is 57.5 Å². The van der Waals surface area contributed by atoms with Gasteiger partial charge in [-0.2, -0.15) is 5.26 Å². The summed E-state index contributed by atoms with van der Waals surface area (Å²) in [6, 6.07) is 13.6. The van der Waals surface area contributed by atoms with Crippen LogP contribution in [0.15, 0.2) is 52.5 Å². The number of nitriles is 1. The first-order chi connectivity index (χ1) is 16.0. The first-order valence-corrected chi connectivity index (χ1v) is 12.8. The molecule has 1 aromatic carbocycles. The largest absolute Gasteiger partial charge is 0.316 e. The summed E-state index contributed by atoms with van der Waals surface area (Å²) in [5, 5.41) is 13.4. The minimum Gasteiger partial charge on any atom is -0.316 e. The number of hydrogen-bond donors (Lipinski definition) is 1. The molecule has 5 nitrogen and oxygen atoms in total. The number of amides is 1. The van der Waals surface area contributed by atoms with Gasteiger partial charge in [0.05, 0.1) is 16.5 Å². The maximum atomic E-state index is 13.0. The fourth-order valence-corrected chi connectivity index (χ4v) is 6.19. The Morgan fingerprint density at radius 1 is 1.39 bits per heavy atom. The summed E-state index contributed by atoms with van der Waals surface area (Å²) in [6.07, 6.45) is 6.27. The molecule has 0 bridgehead atoms. The molecule has 0 spiro atoms. The molecule has 0 aliphatic heterocycles. The van der Waals surface area contributed by atoms with Crippen LogP contribution in [0.5, 0.6) is 0 Å². The first kappa shape index (κ1) is 23.5. The van der Waals surface area contributed by atoms with Crippen LogP contribution in [0.4, 0.5) is 10.7 Å². The molecule has 2 aromatic heterocycles. The predicted molar refractivity (Wildman–Crippen MR) is 137 cm³/mol. The van der Waals surface area contributed by atoms with Crippen molar-refractivity contribution < 1.29 is 4.79 Å². The molecule has 2 atom stereocenters. The second-order valence-electron chi connectivity index (χ2n) is 8.03. The van der Waals surface area contributed by atoms with Crippen molar-refractivity contribution in [2.24, 2.45) is 10.9 Å². The Kier molecular flexibility index (Phi) is 7.49. The molecule has 3 aromatic rings. The lowest BCUT2D eigenvalue weighted by Gasteiger charge is -2.17. The first-order valence-electron chi connectivity index (χ1n) is 10.7. The highest BCUT2D eigenvalue weighted by molar-refractivity contribution is 8.00. The number of fused-ring (bicyclic) bond motifs is 1. The lowest BCUT2D eigenvalue weighted by Crippen LogP contribution is -2.22. The summed E-state index contributed by atoms with van der Waals surface area (Å²) in [6.45, 7) is 4.09. The Morgan fingerprint density at radius 2 is 2.21 bits per heavy atom. The minimum absolute atomic E-state index is 0.128. The average Bonchev–Trinajstić information content (AvgIpc) is 3.15. The molecule has 1 aliphatic rings. The summed E-state index contributed by atoms with van der Waals surface area (Å²) in [5.41, 5.74) is 3.22. The van der Waals surface area contributed by atoms with Crippen LogP contribution < -0.4 is 5.32 Å². The van der Waals surface area contributed by atoms with E-state index in [9.17, 15) is 10.1 Å². The average molecular weight is 495 g/mol. The number of carbonyl (C=O) groups excluding carboxylic acids is 1.